The van der Waals surface area contributed by atoms with Crippen molar-refractivity contribution < 1.29 is 9.59 Å². The first-order valence-electron chi connectivity index (χ1n) is 9.50. The van der Waals surface area contributed by atoms with E-state index in [2.05, 4.69) is 55.7 Å². The number of nitrogens with one attached hydrogen (secondary N) is 2. The Morgan fingerprint density at radius 1 is 1.03 bits per heavy atom. The number of carbonyl (C=O) groups excluding carboxylic acids is 2. The van der Waals surface area contributed by atoms with Crippen molar-refractivity contribution in [2.45, 2.75) is 37.2 Å². The van der Waals surface area contributed by atoms with Crippen LogP contribution >= 0.6 is 11.8 Å². The van der Waals surface area contributed by atoms with E-state index in [0.29, 0.717) is 11.3 Å². The lowest BCUT2D eigenvalue weighted by Crippen LogP contribution is -2.41. The molecule has 2 rings (SSSR count). The summed E-state index contributed by atoms with van der Waals surface area (Å²) in [5.74, 6) is 0.158. The number of rotatable bonds is 8. The third kappa shape index (κ3) is 7.28. The largest absolute Gasteiger partial charge is 0.350 e. The molecule has 0 fully saturated rings. The molecule has 0 spiro atoms. The molecule has 0 aliphatic rings. The highest BCUT2D eigenvalue weighted by Gasteiger charge is 2.20. The Morgan fingerprint density at radius 3 is 2.28 bits per heavy atom. The van der Waals surface area contributed by atoms with Crippen molar-refractivity contribution in [2.75, 3.05) is 13.1 Å². The monoisotopic (exact) mass is 409 g/mol. The molecule has 0 radical (unpaired) electrons. The van der Waals surface area contributed by atoms with Gasteiger partial charge >= 0.3 is 0 Å². The van der Waals surface area contributed by atoms with Crippen molar-refractivity contribution in [2.24, 2.45) is 0 Å². The van der Waals surface area contributed by atoms with Gasteiger partial charge in [0.15, 0.2) is 0 Å². The van der Waals surface area contributed by atoms with Crippen LogP contribution in [0.15, 0.2) is 54.6 Å². The highest BCUT2D eigenvalue weighted by molar-refractivity contribution is 7.99. The number of nitrogens with zero attached hydrogens (tertiary/aromatic N) is 1. The fourth-order valence-corrected chi connectivity index (χ4v) is 3.66. The van der Waals surface area contributed by atoms with Crippen LogP contribution < -0.4 is 10.6 Å². The Bertz CT molecular complexity index is 852. The van der Waals surface area contributed by atoms with Crippen LogP contribution in [-0.2, 0) is 16.0 Å². The molecule has 152 valence electrons. The van der Waals surface area contributed by atoms with E-state index in [4.69, 9.17) is 5.26 Å². The number of amides is 2. The smallest absolute Gasteiger partial charge is 0.251 e. The van der Waals surface area contributed by atoms with E-state index in [1.807, 2.05) is 12.1 Å². The summed E-state index contributed by atoms with van der Waals surface area (Å²) in [4.78, 5) is 24.7. The molecule has 0 aliphatic carbocycles. The molecular formula is C23H27N3O2S. The van der Waals surface area contributed by atoms with Gasteiger partial charge in [0.1, 0.15) is 11.8 Å². The van der Waals surface area contributed by atoms with Crippen molar-refractivity contribution in [1.29, 1.82) is 5.26 Å². The second kappa shape index (κ2) is 10.7. The van der Waals surface area contributed by atoms with E-state index in [9.17, 15) is 9.59 Å². The Hall–Kier alpha value is -2.78. The zero-order valence-electron chi connectivity index (χ0n) is 17.1. The van der Waals surface area contributed by atoms with E-state index >= 15 is 0 Å². The third-order valence-electron chi connectivity index (χ3n) is 4.39. The van der Waals surface area contributed by atoms with Crippen molar-refractivity contribution in [3.63, 3.8) is 0 Å². The van der Waals surface area contributed by atoms with Gasteiger partial charge in [0.2, 0.25) is 5.91 Å². The van der Waals surface area contributed by atoms with Crippen LogP contribution in [-0.4, -0.2) is 30.2 Å². The van der Waals surface area contributed by atoms with E-state index in [1.165, 1.54) is 17.3 Å². The molecule has 0 bridgehead atoms. The maximum Gasteiger partial charge on any atom is 0.251 e. The molecule has 2 aromatic rings. The molecule has 2 aromatic carbocycles. The van der Waals surface area contributed by atoms with Crippen molar-refractivity contribution in [3.05, 3.63) is 71.3 Å². The number of hydrogen-bond donors (Lipinski definition) is 2. The Labute approximate surface area is 176 Å². The molecule has 0 saturated heterocycles. The number of carbonyl (C=O) groups is 2. The van der Waals surface area contributed by atoms with Gasteiger partial charge in [0.25, 0.3) is 5.91 Å². The highest BCUT2D eigenvalue weighted by atomic mass is 32.2. The molecule has 6 heteroatoms. The van der Waals surface area contributed by atoms with Gasteiger partial charge in [0, 0.05) is 17.9 Å². The van der Waals surface area contributed by atoms with Gasteiger partial charge in [-0.2, -0.15) is 5.26 Å². The predicted octanol–water partition coefficient (Wildman–Crippen LogP) is 3.66. The SMILES string of the molecule is CC(C)(C)c1ccc(CSC(CNC(=O)c2ccccc2)C(=O)NCC#N)cc1. The Kier molecular flexibility index (Phi) is 8.29. The normalized spacial score (nSPS) is 11.9. The average molecular weight is 410 g/mol. The molecule has 29 heavy (non-hydrogen) atoms. The second-order valence-corrected chi connectivity index (χ2v) is 8.89. The first-order valence-corrected chi connectivity index (χ1v) is 10.5. The van der Waals surface area contributed by atoms with Gasteiger partial charge < -0.3 is 10.6 Å². The molecule has 0 heterocycles. The van der Waals surface area contributed by atoms with Gasteiger partial charge in [-0.15, -0.1) is 11.8 Å². The number of thioether (sulfide) groups is 1. The first kappa shape index (κ1) is 22.5. The van der Waals surface area contributed by atoms with Crippen molar-refractivity contribution in [1.82, 2.24) is 10.6 Å². The third-order valence-corrected chi connectivity index (χ3v) is 5.67. The van der Waals surface area contributed by atoms with E-state index in [-0.39, 0.29) is 30.3 Å². The van der Waals surface area contributed by atoms with Crippen molar-refractivity contribution in [3.8, 4) is 6.07 Å². The standard InChI is InChI=1S/C23H27N3O2S/c1-23(2,3)19-11-9-17(10-12-19)16-29-20(22(28)25-14-13-24)15-26-21(27)18-7-5-4-6-8-18/h4-12,20H,14-16H2,1-3H3,(H,25,28)(H,26,27). The summed E-state index contributed by atoms with van der Waals surface area (Å²) in [5.41, 5.74) is 3.00. The maximum atomic E-state index is 12.4. The molecule has 0 saturated carbocycles. The molecule has 5 nitrogen and oxygen atoms in total. The van der Waals surface area contributed by atoms with E-state index in [0.717, 1.165) is 5.56 Å². The zero-order chi connectivity index (χ0) is 21.3. The summed E-state index contributed by atoms with van der Waals surface area (Å²) in [6.07, 6.45) is 0. The number of benzene rings is 2. The van der Waals surface area contributed by atoms with Gasteiger partial charge in [-0.1, -0.05) is 63.2 Å². The Balaban J connectivity index is 1.99. The minimum absolute atomic E-state index is 0.0528. The Morgan fingerprint density at radius 2 is 1.69 bits per heavy atom. The average Bonchev–Trinajstić information content (AvgIpc) is 2.72. The predicted molar refractivity (Wildman–Crippen MR) is 118 cm³/mol. The molecule has 0 aromatic heterocycles. The van der Waals surface area contributed by atoms with Gasteiger partial charge in [0.05, 0.1) is 6.07 Å². The second-order valence-electron chi connectivity index (χ2n) is 7.70. The fourth-order valence-electron chi connectivity index (χ4n) is 2.64. The van der Waals surface area contributed by atoms with Crippen LogP contribution in [0.1, 0.15) is 42.3 Å². The summed E-state index contributed by atoms with van der Waals surface area (Å²) < 4.78 is 0. The zero-order valence-corrected chi connectivity index (χ0v) is 17.9. The van der Waals surface area contributed by atoms with E-state index < -0.39 is 5.25 Å². The molecule has 2 amide bonds. The topological polar surface area (TPSA) is 82.0 Å². The highest BCUT2D eigenvalue weighted by Crippen LogP contribution is 2.24. The summed E-state index contributed by atoms with van der Waals surface area (Å²) in [6.45, 7) is 6.64. The van der Waals surface area contributed by atoms with Gasteiger partial charge in [-0.25, -0.2) is 0 Å². The maximum absolute atomic E-state index is 12.4. The first-order chi connectivity index (χ1) is 13.8. The lowest BCUT2D eigenvalue weighted by molar-refractivity contribution is -0.120. The van der Waals surface area contributed by atoms with Crippen LogP contribution in [0.3, 0.4) is 0 Å². The summed E-state index contributed by atoms with van der Waals surface area (Å²) in [7, 11) is 0. The molecular weight excluding hydrogens is 382 g/mol. The van der Waals surface area contributed by atoms with Crippen LogP contribution in [0.2, 0.25) is 0 Å². The number of nitriles is 1. The van der Waals surface area contributed by atoms with Crippen molar-refractivity contribution >= 4 is 23.6 Å². The lowest BCUT2D eigenvalue weighted by atomic mass is 9.87. The van der Waals surface area contributed by atoms with Crippen LogP contribution in [0.25, 0.3) is 0 Å². The minimum Gasteiger partial charge on any atom is -0.350 e. The quantitative estimate of drug-likeness (QED) is 0.652. The summed E-state index contributed by atoms with van der Waals surface area (Å²) >= 11 is 1.45. The minimum atomic E-state index is -0.488. The number of hydrogen-bond acceptors (Lipinski definition) is 4. The fraction of sp³-hybridized carbons (Fsp3) is 0.348. The summed E-state index contributed by atoms with van der Waals surface area (Å²) in [6, 6.07) is 19.2. The molecule has 1 atom stereocenters. The van der Waals surface area contributed by atoms with Crippen LogP contribution in [0.4, 0.5) is 0 Å². The van der Waals surface area contributed by atoms with Gasteiger partial charge in [-0.3, -0.25) is 9.59 Å². The lowest BCUT2D eigenvalue weighted by Gasteiger charge is -2.20. The van der Waals surface area contributed by atoms with Crippen LogP contribution in [0.5, 0.6) is 0 Å². The molecule has 2 N–H and O–H groups in total. The summed E-state index contributed by atoms with van der Waals surface area (Å²) in [5, 5.41) is 13.6. The molecule has 0 aliphatic heterocycles. The van der Waals surface area contributed by atoms with Gasteiger partial charge in [-0.05, 0) is 28.7 Å². The van der Waals surface area contributed by atoms with E-state index in [1.54, 1.807) is 24.3 Å². The van der Waals surface area contributed by atoms with Crippen LogP contribution in [0, 0.1) is 11.3 Å². The molecule has 1 unspecified atom stereocenters.